The molecule has 1 aromatic rings. The van der Waals surface area contributed by atoms with E-state index in [2.05, 4.69) is 23.7 Å². The first-order valence-corrected chi connectivity index (χ1v) is 7.57. The van der Waals surface area contributed by atoms with Crippen molar-refractivity contribution >= 4 is 11.3 Å². The zero-order valence-corrected chi connectivity index (χ0v) is 11.7. The summed E-state index contributed by atoms with van der Waals surface area (Å²) in [6.07, 6.45) is 6.94. The van der Waals surface area contributed by atoms with Crippen molar-refractivity contribution in [3.63, 3.8) is 0 Å². The highest BCUT2D eigenvalue weighted by Gasteiger charge is 2.23. The molecule has 1 heterocycles. The first kappa shape index (κ1) is 12.9. The first-order chi connectivity index (χ1) is 8.35. The minimum atomic E-state index is 0.484. The fourth-order valence-corrected chi connectivity index (χ4v) is 3.79. The SMILES string of the molecule is CCNC(CC1CCCC1)c1sccc1OC. The third-order valence-corrected chi connectivity index (χ3v) is 4.70. The first-order valence-electron chi connectivity index (χ1n) is 6.70. The van der Waals surface area contributed by atoms with Crippen LogP contribution < -0.4 is 10.1 Å². The van der Waals surface area contributed by atoms with Crippen LogP contribution in [0.3, 0.4) is 0 Å². The maximum atomic E-state index is 5.45. The van der Waals surface area contributed by atoms with Crippen LogP contribution in [0.25, 0.3) is 0 Å². The van der Waals surface area contributed by atoms with Gasteiger partial charge in [0, 0.05) is 6.04 Å². The van der Waals surface area contributed by atoms with E-state index >= 15 is 0 Å². The van der Waals surface area contributed by atoms with Crippen LogP contribution in [0, 0.1) is 5.92 Å². The van der Waals surface area contributed by atoms with E-state index in [4.69, 9.17) is 4.74 Å². The molecule has 0 aromatic carbocycles. The Balaban J connectivity index is 2.04. The Morgan fingerprint density at radius 1 is 1.47 bits per heavy atom. The summed E-state index contributed by atoms with van der Waals surface area (Å²) >= 11 is 1.82. The average molecular weight is 253 g/mol. The minimum Gasteiger partial charge on any atom is -0.496 e. The summed E-state index contributed by atoms with van der Waals surface area (Å²) in [4.78, 5) is 1.38. The van der Waals surface area contributed by atoms with Gasteiger partial charge in [0.1, 0.15) is 5.75 Å². The Morgan fingerprint density at radius 2 is 2.24 bits per heavy atom. The van der Waals surface area contributed by atoms with E-state index < -0.39 is 0 Å². The Morgan fingerprint density at radius 3 is 2.88 bits per heavy atom. The molecule has 1 aliphatic rings. The highest BCUT2D eigenvalue weighted by molar-refractivity contribution is 7.10. The van der Waals surface area contributed by atoms with E-state index in [9.17, 15) is 0 Å². The second-order valence-corrected chi connectivity index (χ2v) is 5.80. The third kappa shape index (κ3) is 3.23. The molecule has 1 fully saturated rings. The van der Waals surface area contributed by atoms with E-state index in [1.165, 1.54) is 37.0 Å². The monoisotopic (exact) mass is 253 g/mol. The summed E-state index contributed by atoms with van der Waals surface area (Å²) in [6.45, 7) is 3.21. The molecular weight excluding hydrogens is 230 g/mol. The predicted octanol–water partition coefficient (Wildman–Crippen LogP) is 3.99. The summed E-state index contributed by atoms with van der Waals surface area (Å²) in [6, 6.07) is 2.57. The smallest absolute Gasteiger partial charge is 0.134 e. The van der Waals surface area contributed by atoms with Gasteiger partial charge in [-0.25, -0.2) is 0 Å². The van der Waals surface area contributed by atoms with Crippen molar-refractivity contribution in [2.45, 2.75) is 45.1 Å². The number of methoxy groups -OCH3 is 1. The van der Waals surface area contributed by atoms with E-state index in [1.807, 2.05) is 11.3 Å². The van der Waals surface area contributed by atoms with Gasteiger partial charge in [-0.05, 0) is 30.3 Å². The molecule has 3 heteroatoms. The Hall–Kier alpha value is -0.540. The van der Waals surface area contributed by atoms with Crippen molar-refractivity contribution in [3.8, 4) is 5.75 Å². The summed E-state index contributed by atoms with van der Waals surface area (Å²) in [7, 11) is 1.77. The van der Waals surface area contributed by atoms with Gasteiger partial charge >= 0.3 is 0 Å². The van der Waals surface area contributed by atoms with Gasteiger partial charge in [-0.3, -0.25) is 0 Å². The highest BCUT2D eigenvalue weighted by atomic mass is 32.1. The lowest BCUT2D eigenvalue weighted by atomic mass is 9.97. The van der Waals surface area contributed by atoms with E-state index in [1.54, 1.807) is 7.11 Å². The molecule has 2 rings (SSSR count). The van der Waals surface area contributed by atoms with Crippen molar-refractivity contribution in [2.24, 2.45) is 5.92 Å². The van der Waals surface area contributed by atoms with Gasteiger partial charge in [0.15, 0.2) is 0 Å². The van der Waals surface area contributed by atoms with Crippen LogP contribution in [0.2, 0.25) is 0 Å². The van der Waals surface area contributed by atoms with Crippen LogP contribution in [0.4, 0.5) is 0 Å². The van der Waals surface area contributed by atoms with Gasteiger partial charge in [-0.15, -0.1) is 11.3 Å². The van der Waals surface area contributed by atoms with Gasteiger partial charge in [-0.1, -0.05) is 32.6 Å². The van der Waals surface area contributed by atoms with Gasteiger partial charge in [0.05, 0.1) is 12.0 Å². The molecule has 0 saturated heterocycles. The molecule has 0 radical (unpaired) electrons. The standard InChI is InChI=1S/C14H23NOS/c1-3-15-12(10-11-6-4-5-7-11)14-13(16-2)8-9-17-14/h8-9,11-12,15H,3-7,10H2,1-2H3. The summed E-state index contributed by atoms with van der Waals surface area (Å²) in [5.74, 6) is 1.96. The molecule has 17 heavy (non-hydrogen) atoms. The number of hydrogen-bond donors (Lipinski definition) is 1. The molecule has 0 aliphatic heterocycles. The van der Waals surface area contributed by atoms with Crippen LogP contribution in [-0.4, -0.2) is 13.7 Å². The van der Waals surface area contributed by atoms with Gasteiger partial charge < -0.3 is 10.1 Å². The zero-order chi connectivity index (χ0) is 12.1. The van der Waals surface area contributed by atoms with Crippen LogP contribution in [-0.2, 0) is 0 Å². The molecule has 1 atom stereocenters. The molecular formula is C14H23NOS. The predicted molar refractivity (Wildman–Crippen MR) is 73.9 cm³/mol. The van der Waals surface area contributed by atoms with Crippen LogP contribution in [0.5, 0.6) is 5.75 Å². The third-order valence-electron chi connectivity index (χ3n) is 3.69. The van der Waals surface area contributed by atoms with Gasteiger partial charge in [-0.2, -0.15) is 0 Å². The molecule has 1 unspecified atom stereocenters. The molecule has 1 aromatic heterocycles. The fraction of sp³-hybridized carbons (Fsp3) is 0.714. The maximum Gasteiger partial charge on any atom is 0.134 e. The van der Waals surface area contributed by atoms with Crippen molar-refractivity contribution in [2.75, 3.05) is 13.7 Å². The largest absolute Gasteiger partial charge is 0.496 e. The van der Waals surface area contributed by atoms with Crippen molar-refractivity contribution in [1.29, 1.82) is 0 Å². The topological polar surface area (TPSA) is 21.3 Å². The molecule has 2 nitrogen and oxygen atoms in total. The molecule has 1 aliphatic carbocycles. The van der Waals surface area contributed by atoms with Crippen molar-refractivity contribution in [3.05, 3.63) is 16.3 Å². The molecule has 0 spiro atoms. The molecule has 96 valence electrons. The van der Waals surface area contributed by atoms with Gasteiger partial charge in [0.25, 0.3) is 0 Å². The summed E-state index contributed by atoms with van der Waals surface area (Å²) in [5, 5.41) is 5.75. The summed E-state index contributed by atoms with van der Waals surface area (Å²) in [5.41, 5.74) is 0. The molecule has 0 amide bonds. The molecule has 0 bridgehead atoms. The quantitative estimate of drug-likeness (QED) is 0.827. The second-order valence-electron chi connectivity index (χ2n) is 4.85. The van der Waals surface area contributed by atoms with Crippen LogP contribution >= 0.6 is 11.3 Å². The van der Waals surface area contributed by atoms with Crippen molar-refractivity contribution in [1.82, 2.24) is 5.32 Å². The Labute approximate surface area is 108 Å². The summed E-state index contributed by atoms with van der Waals surface area (Å²) < 4.78 is 5.45. The lowest BCUT2D eigenvalue weighted by Crippen LogP contribution is -2.22. The normalized spacial score (nSPS) is 18.5. The van der Waals surface area contributed by atoms with Crippen LogP contribution in [0.15, 0.2) is 11.4 Å². The lowest BCUT2D eigenvalue weighted by Gasteiger charge is -2.21. The average Bonchev–Trinajstić information content (AvgIpc) is 2.98. The Kier molecular flexibility index (Phi) is 4.86. The van der Waals surface area contributed by atoms with Gasteiger partial charge in [0.2, 0.25) is 0 Å². The molecule has 1 saturated carbocycles. The van der Waals surface area contributed by atoms with E-state index in [0.717, 1.165) is 18.2 Å². The lowest BCUT2D eigenvalue weighted by molar-refractivity contribution is 0.376. The highest BCUT2D eigenvalue weighted by Crippen LogP contribution is 2.38. The number of hydrogen-bond acceptors (Lipinski definition) is 3. The van der Waals surface area contributed by atoms with E-state index in [-0.39, 0.29) is 0 Å². The zero-order valence-electron chi connectivity index (χ0n) is 10.9. The van der Waals surface area contributed by atoms with Crippen molar-refractivity contribution < 1.29 is 4.74 Å². The second kappa shape index (κ2) is 6.41. The Bertz CT molecular complexity index is 331. The number of thiophene rings is 1. The molecule has 1 N–H and O–H groups in total. The fourth-order valence-electron chi connectivity index (χ4n) is 2.84. The number of ether oxygens (including phenoxy) is 1. The van der Waals surface area contributed by atoms with Crippen LogP contribution in [0.1, 0.15) is 49.9 Å². The van der Waals surface area contributed by atoms with E-state index in [0.29, 0.717) is 6.04 Å². The number of nitrogens with one attached hydrogen (secondary N) is 1. The maximum absolute atomic E-state index is 5.45. The number of rotatable bonds is 6. The minimum absolute atomic E-state index is 0.484.